The average Bonchev–Trinajstić information content (AvgIpc) is 2.55. The van der Waals surface area contributed by atoms with Crippen molar-refractivity contribution in [2.24, 2.45) is 17.0 Å². The van der Waals surface area contributed by atoms with Crippen LogP contribution in [0.5, 0.6) is 0 Å². The molecule has 1 heterocycles. The Labute approximate surface area is 132 Å². The predicted molar refractivity (Wildman–Crippen MR) is 87.5 cm³/mol. The van der Waals surface area contributed by atoms with Gasteiger partial charge in [0.25, 0.3) is 0 Å². The van der Waals surface area contributed by atoms with E-state index in [0.717, 1.165) is 13.0 Å². The fourth-order valence-electron chi connectivity index (χ4n) is 4.08. The number of fused-ring (bicyclic) bond motifs is 1. The molecule has 3 aliphatic rings. The summed E-state index contributed by atoms with van der Waals surface area (Å²) in [5.74, 6) is 1.11. The molecule has 22 heavy (non-hydrogen) atoms. The first-order chi connectivity index (χ1) is 10.8. The summed E-state index contributed by atoms with van der Waals surface area (Å²) >= 11 is 0. The number of nitrogens with zero attached hydrogens (tertiary/aromatic N) is 4. The number of likely N-dealkylation sites (tertiary alicyclic amines) is 1. The number of azide groups is 1. The summed E-state index contributed by atoms with van der Waals surface area (Å²) in [4.78, 5) is 5.41. The Balaban J connectivity index is 1.57. The second kappa shape index (κ2) is 7.32. The molecule has 0 amide bonds. The molecule has 2 fully saturated rings. The molecular formula is C17H26N4O. The van der Waals surface area contributed by atoms with Gasteiger partial charge in [-0.05, 0) is 44.3 Å². The standard InChI is InChI=1S/C17H26N4O/c18-20-19-9-6-12-22-17-8-3-2-7-15(17)13-16(17)14-21-10-4-1-5-11-21/h2-3,7-8,15-16H,1,4-6,9-14H2. The van der Waals surface area contributed by atoms with Crippen molar-refractivity contribution in [2.45, 2.75) is 37.7 Å². The highest BCUT2D eigenvalue weighted by molar-refractivity contribution is 5.29. The summed E-state index contributed by atoms with van der Waals surface area (Å²) in [6.45, 7) is 4.84. The molecule has 3 unspecified atom stereocenters. The van der Waals surface area contributed by atoms with Crippen molar-refractivity contribution in [1.82, 2.24) is 4.90 Å². The van der Waals surface area contributed by atoms with Crippen LogP contribution in [-0.4, -0.2) is 43.3 Å². The summed E-state index contributed by atoms with van der Waals surface area (Å²) in [7, 11) is 0. The van der Waals surface area contributed by atoms with Crippen LogP contribution in [0.25, 0.3) is 10.4 Å². The van der Waals surface area contributed by atoms with E-state index in [2.05, 4.69) is 39.2 Å². The van der Waals surface area contributed by atoms with Crippen molar-refractivity contribution in [3.8, 4) is 0 Å². The lowest BCUT2D eigenvalue weighted by atomic mass is 9.59. The quantitative estimate of drug-likeness (QED) is 0.311. The number of hydrogen-bond acceptors (Lipinski definition) is 3. The number of piperidine rings is 1. The zero-order valence-electron chi connectivity index (χ0n) is 13.2. The first-order valence-electron chi connectivity index (χ1n) is 8.58. The summed E-state index contributed by atoms with van der Waals surface area (Å²) in [6, 6.07) is 0. The highest BCUT2D eigenvalue weighted by Crippen LogP contribution is 2.51. The molecule has 0 aromatic rings. The Kier molecular flexibility index (Phi) is 5.19. The van der Waals surface area contributed by atoms with E-state index >= 15 is 0 Å². The van der Waals surface area contributed by atoms with E-state index in [1.165, 1.54) is 38.8 Å². The first-order valence-corrected chi connectivity index (χ1v) is 8.58. The third-order valence-electron chi connectivity index (χ3n) is 5.31. The lowest BCUT2D eigenvalue weighted by molar-refractivity contribution is -0.150. The summed E-state index contributed by atoms with van der Waals surface area (Å²) < 4.78 is 6.32. The van der Waals surface area contributed by atoms with Gasteiger partial charge in [0.05, 0.1) is 5.60 Å². The van der Waals surface area contributed by atoms with E-state index < -0.39 is 0 Å². The van der Waals surface area contributed by atoms with Gasteiger partial charge in [0.2, 0.25) is 0 Å². The van der Waals surface area contributed by atoms with Crippen LogP contribution in [0.1, 0.15) is 32.1 Å². The van der Waals surface area contributed by atoms with Crippen molar-refractivity contribution >= 4 is 0 Å². The maximum atomic E-state index is 8.33. The summed E-state index contributed by atoms with van der Waals surface area (Å²) in [5.41, 5.74) is 8.23. The molecule has 0 radical (unpaired) electrons. The second-order valence-electron chi connectivity index (χ2n) is 6.65. The van der Waals surface area contributed by atoms with Crippen molar-refractivity contribution in [2.75, 3.05) is 32.8 Å². The van der Waals surface area contributed by atoms with Crippen LogP contribution in [0, 0.1) is 11.8 Å². The van der Waals surface area contributed by atoms with E-state index in [0.29, 0.717) is 25.0 Å². The van der Waals surface area contributed by atoms with Gasteiger partial charge >= 0.3 is 0 Å². The molecule has 0 spiro atoms. The number of ether oxygens (including phenoxy) is 1. The molecule has 0 aromatic carbocycles. The van der Waals surface area contributed by atoms with Gasteiger partial charge in [0, 0.05) is 36.4 Å². The molecule has 5 nitrogen and oxygen atoms in total. The van der Waals surface area contributed by atoms with Gasteiger partial charge in [-0.15, -0.1) is 0 Å². The van der Waals surface area contributed by atoms with Gasteiger partial charge in [-0.1, -0.05) is 35.8 Å². The Hall–Kier alpha value is -1.29. The topological polar surface area (TPSA) is 61.2 Å². The minimum Gasteiger partial charge on any atom is -0.370 e. The third kappa shape index (κ3) is 3.22. The van der Waals surface area contributed by atoms with Crippen molar-refractivity contribution < 1.29 is 4.74 Å². The number of allylic oxidation sites excluding steroid dienone is 2. The number of rotatable bonds is 7. The van der Waals surface area contributed by atoms with Gasteiger partial charge in [-0.3, -0.25) is 0 Å². The molecule has 0 aromatic heterocycles. The molecule has 0 bridgehead atoms. The third-order valence-corrected chi connectivity index (χ3v) is 5.31. The lowest BCUT2D eigenvalue weighted by Crippen LogP contribution is -2.60. The minimum absolute atomic E-state index is 0.109. The molecule has 1 saturated carbocycles. The van der Waals surface area contributed by atoms with Gasteiger partial charge in [-0.2, -0.15) is 0 Å². The van der Waals surface area contributed by atoms with Crippen LogP contribution in [0.2, 0.25) is 0 Å². The van der Waals surface area contributed by atoms with Crippen LogP contribution in [0.15, 0.2) is 29.4 Å². The fraction of sp³-hybridized carbons (Fsp3) is 0.765. The zero-order chi connectivity index (χ0) is 15.3. The molecule has 5 heteroatoms. The van der Waals surface area contributed by atoms with Crippen molar-refractivity contribution in [3.63, 3.8) is 0 Å². The molecule has 120 valence electrons. The number of hydrogen-bond donors (Lipinski definition) is 0. The molecule has 3 rings (SSSR count). The lowest BCUT2D eigenvalue weighted by Gasteiger charge is -2.55. The zero-order valence-corrected chi connectivity index (χ0v) is 13.2. The van der Waals surface area contributed by atoms with Gasteiger partial charge < -0.3 is 9.64 Å². The normalized spacial score (nSPS) is 33.8. The van der Waals surface area contributed by atoms with Crippen LogP contribution in [0.4, 0.5) is 0 Å². The Morgan fingerprint density at radius 2 is 2.14 bits per heavy atom. The van der Waals surface area contributed by atoms with Crippen LogP contribution >= 0.6 is 0 Å². The van der Waals surface area contributed by atoms with Crippen LogP contribution < -0.4 is 0 Å². The SMILES string of the molecule is [N-]=[N+]=NCCCOC12C=CC=CC1CC2CN1CCCCC1. The highest BCUT2D eigenvalue weighted by Gasteiger charge is 2.54. The molecular weight excluding hydrogens is 276 g/mol. The molecule has 1 aliphatic heterocycles. The Morgan fingerprint density at radius 1 is 1.27 bits per heavy atom. The monoisotopic (exact) mass is 302 g/mol. The highest BCUT2D eigenvalue weighted by atomic mass is 16.5. The van der Waals surface area contributed by atoms with Crippen molar-refractivity contribution in [3.05, 3.63) is 34.7 Å². The van der Waals surface area contributed by atoms with E-state index in [4.69, 9.17) is 10.3 Å². The van der Waals surface area contributed by atoms with Gasteiger partial charge in [0.1, 0.15) is 0 Å². The summed E-state index contributed by atoms with van der Waals surface area (Å²) in [6.07, 6.45) is 14.9. The van der Waals surface area contributed by atoms with Crippen LogP contribution in [0.3, 0.4) is 0 Å². The van der Waals surface area contributed by atoms with Gasteiger partial charge in [-0.25, -0.2) is 0 Å². The minimum atomic E-state index is -0.109. The first kappa shape index (κ1) is 15.6. The van der Waals surface area contributed by atoms with E-state index in [-0.39, 0.29) is 5.60 Å². The smallest absolute Gasteiger partial charge is 0.0968 e. The average molecular weight is 302 g/mol. The largest absolute Gasteiger partial charge is 0.370 e. The summed E-state index contributed by atoms with van der Waals surface area (Å²) in [5, 5.41) is 3.59. The molecule has 3 atom stereocenters. The predicted octanol–water partition coefficient (Wildman–Crippen LogP) is 3.69. The molecule has 2 aliphatic carbocycles. The second-order valence-corrected chi connectivity index (χ2v) is 6.65. The molecule has 1 saturated heterocycles. The Morgan fingerprint density at radius 3 is 2.91 bits per heavy atom. The maximum Gasteiger partial charge on any atom is 0.0968 e. The maximum absolute atomic E-state index is 8.33. The molecule has 0 N–H and O–H groups in total. The van der Waals surface area contributed by atoms with E-state index in [1.54, 1.807) is 0 Å². The van der Waals surface area contributed by atoms with E-state index in [9.17, 15) is 0 Å². The van der Waals surface area contributed by atoms with Crippen molar-refractivity contribution in [1.29, 1.82) is 0 Å². The van der Waals surface area contributed by atoms with Gasteiger partial charge in [0.15, 0.2) is 0 Å². The van der Waals surface area contributed by atoms with Crippen LogP contribution in [-0.2, 0) is 4.74 Å². The Bertz CT molecular complexity index is 477. The van der Waals surface area contributed by atoms with E-state index in [1.807, 2.05) is 0 Å². The fourth-order valence-corrected chi connectivity index (χ4v) is 4.08.